The quantitative estimate of drug-likeness (QED) is 0.715. The first kappa shape index (κ1) is 10.8. The molecule has 2 heterocycles. The molecule has 0 N–H and O–H groups in total. The number of aromatic nitrogens is 2. The molecule has 0 aliphatic heterocycles. The highest BCUT2D eigenvalue weighted by molar-refractivity contribution is 5.19. The van der Waals surface area contributed by atoms with Gasteiger partial charge in [0.2, 0.25) is 0 Å². The Morgan fingerprint density at radius 3 is 2.38 bits per heavy atom. The zero-order chi connectivity index (χ0) is 11.4. The van der Waals surface area contributed by atoms with Gasteiger partial charge in [0.1, 0.15) is 7.05 Å². The van der Waals surface area contributed by atoms with Crippen molar-refractivity contribution in [3.63, 3.8) is 0 Å². The molecule has 0 aliphatic carbocycles. The molecule has 0 saturated heterocycles. The summed E-state index contributed by atoms with van der Waals surface area (Å²) in [6.45, 7) is 2.26. The maximum Gasteiger partial charge on any atom is 0.168 e. The number of rotatable bonds is 3. The van der Waals surface area contributed by atoms with E-state index in [1.54, 1.807) is 0 Å². The first-order chi connectivity index (χ1) is 7.75. The van der Waals surface area contributed by atoms with Gasteiger partial charge in [0.25, 0.3) is 0 Å². The van der Waals surface area contributed by atoms with Gasteiger partial charge in [-0.2, -0.15) is 0 Å². The third-order valence-corrected chi connectivity index (χ3v) is 2.86. The fraction of sp³-hybridized carbons (Fsp3) is 0.286. The van der Waals surface area contributed by atoms with Crippen LogP contribution in [0, 0.1) is 0 Å². The minimum Gasteiger partial charge on any atom is -0.265 e. The zero-order valence-electron chi connectivity index (χ0n) is 9.80. The van der Waals surface area contributed by atoms with E-state index in [4.69, 9.17) is 0 Å². The summed E-state index contributed by atoms with van der Waals surface area (Å²) in [5.74, 6) is 0.545. The van der Waals surface area contributed by atoms with E-state index in [0.29, 0.717) is 5.92 Å². The standard InChI is InChI=1S/C14H17N2/c1-12(11-13-3-7-15-8-4-13)14-5-9-16(2)10-6-14/h3-10,12H,11H2,1-2H3/q+1. The minimum atomic E-state index is 0.545. The molecule has 1 unspecified atom stereocenters. The maximum absolute atomic E-state index is 4.03. The van der Waals surface area contributed by atoms with Crippen LogP contribution in [-0.2, 0) is 13.5 Å². The van der Waals surface area contributed by atoms with Crippen LogP contribution in [0.1, 0.15) is 24.0 Å². The molecule has 2 heteroatoms. The van der Waals surface area contributed by atoms with Crippen molar-refractivity contribution in [1.29, 1.82) is 0 Å². The summed E-state index contributed by atoms with van der Waals surface area (Å²) in [6.07, 6.45) is 8.97. The Morgan fingerprint density at radius 2 is 1.75 bits per heavy atom. The van der Waals surface area contributed by atoms with E-state index >= 15 is 0 Å². The van der Waals surface area contributed by atoms with Crippen molar-refractivity contribution >= 4 is 0 Å². The molecule has 0 aromatic carbocycles. The molecular formula is C14H17N2+. The van der Waals surface area contributed by atoms with Crippen LogP contribution in [0.2, 0.25) is 0 Å². The van der Waals surface area contributed by atoms with Gasteiger partial charge >= 0.3 is 0 Å². The summed E-state index contributed by atoms with van der Waals surface area (Å²) in [7, 11) is 2.04. The van der Waals surface area contributed by atoms with Crippen LogP contribution in [0.25, 0.3) is 0 Å². The van der Waals surface area contributed by atoms with E-state index in [9.17, 15) is 0 Å². The molecule has 0 saturated carbocycles. The molecule has 1 atom stereocenters. The van der Waals surface area contributed by atoms with Crippen molar-refractivity contribution in [2.45, 2.75) is 19.3 Å². The van der Waals surface area contributed by atoms with Gasteiger partial charge in [-0.3, -0.25) is 4.98 Å². The molecule has 0 radical (unpaired) electrons. The molecular weight excluding hydrogens is 196 g/mol. The molecule has 16 heavy (non-hydrogen) atoms. The fourth-order valence-electron chi connectivity index (χ4n) is 1.83. The predicted octanol–water partition coefficient (Wildman–Crippen LogP) is 2.25. The highest BCUT2D eigenvalue weighted by Gasteiger charge is 2.07. The molecule has 0 bridgehead atoms. The van der Waals surface area contributed by atoms with E-state index in [-0.39, 0.29) is 0 Å². The Morgan fingerprint density at radius 1 is 1.12 bits per heavy atom. The van der Waals surface area contributed by atoms with Crippen LogP contribution in [-0.4, -0.2) is 4.98 Å². The van der Waals surface area contributed by atoms with Gasteiger partial charge in [-0.15, -0.1) is 0 Å². The fourth-order valence-corrected chi connectivity index (χ4v) is 1.83. The first-order valence-corrected chi connectivity index (χ1v) is 5.60. The topological polar surface area (TPSA) is 16.8 Å². The first-order valence-electron chi connectivity index (χ1n) is 5.60. The van der Waals surface area contributed by atoms with E-state index in [0.717, 1.165) is 6.42 Å². The van der Waals surface area contributed by atoms with Crippen LogP contribution in [0.15, 0.2) is 49.1 Å². The molecule has 2 aromatic heterocycles. The number of aryl methyl sites for hydroxylation is 1. The summed E-state index contributed by atoms with van der Waals surface area (Å²) in [6, 6.07) is 8.54. The van der Waals surface area contributed by atoms with E-state index in [1.165, 1.54) is 11.1 Å². The summed E-state index contributed by atoms with van der Waals surface area (Å²) in [5.41, 5.74) is 2.73. The summed E-state index contributed by atoms with van der Waals surface area (Å²) in [5, 5.41) is 0. The highest BCUT2D eigenvalue weighted by Crippen LogP contribution is 2.18. The lowest BCUT2D eigenvalue weighted by Crippen LogP contribution is -2.26. The molecule has 2 rings (SSSR count). The van der Waals surface area contributed by atoms with Crippen LogP contribution in [0.4, 0.5) is 0 Å². The highest BCUT2D eigenvalue weighted by atomic mass is 14.9. The van der Waals surface area contributed by atoms with Crippen LogP contribution in [0.3, 0.4) is 0 Å². The van der Waals surface area contributed by atoms with Crippen molar-refractivity contribution in [1.82, 2.24) is 4.98 Å². The second-order valence-electron chi connectivity index (χ2n) is 4.26. The van der Waals surface area contributed by atoms with Gasteiger partial charge in [-0.05, 0) is 35.6 Å². The Bertz CT molecular complexity index is 434. The van der Waals surface area contributed by atoms with Crippen molar-refractivity contribution in [2.24, 2.45) is 7.05 Å². The Balaban J connectivity index is 2.09. The maximum atomic E-state index is 4.03. The average Bonchev–Trinajstić information content (AvgIpc) is 2.31. The minimum absolute atomic E-state index is 0.545. The lowest BCUT2D eigenvalue weighted by atomic mass is 9.95. The van der Waals surface area contributed by atoms with Gasteiger partial charge in [0.05, 0.1) is 0 Å². The van der Waals surface area contributed by atoms with Gasteiger partial charge < -0.3 is 0 Å². The van der Waals surface area contributed by atoms with Gasteiger partial charge in [0, 0.05) is 24.5 Å². The zero-order valence-corrected chi connectivity index (χ0v) is 9.80. The second-order valence-corrected chi connectivity index (χ2v) is 4.26. The number of nitrogens with zero attached hydrogens (tertiary/aromatic N) is 2. The lowest BCUT2D eigenvalue weighted by Gasteiger charge is -2.10. The third-order valence-electron chi connectivity index (χ3n) is 2.86. The second kappa shape index (κ2) is 4.88. The number of hydrogen-bond acceptors (Lipinski definition) is 1. The average molecular weight is 213 g/mol. The Kier molecular flexibility index (Phi) is 3.30. The normalized spacial score (nSPS) is 12.4. The van der Waals surface area contributed by atoms with Crippen molar-refractivity contribution < 1.29 is 4.57 Å². The Hall–Kier alpha value is -1.70. The summed E-state index contributed by atoms with van der Waals surface area (Å²) < 4.78 is 2.06. The van der Waals surface area contributed by atoms with E-state index in [1.807, 2.05) is 19.4 Å². The third kappa shape index (κ3) is 2.66. The van der Waals surface area contributed by atoms with Crippen LogP contribution in [0.5, 0.6) is 0 Å². The van der Waals surface area contributed by atoms with Crippen molar-refractivity contribution in [3.8, 4) is 0 Å². The summed E-state index contributed by atoms with van der Waals surface area (Å²) in [4.78, 5) is 4.03. The van der Waals surface area contributed by atoms with Crippen LogP contribution >= 0.6 is 0 Å². The van der Waals surface area contributed by atoms with Gasteiger partial charge in [-0.1, -0.05) is 6.92 Å². The largest absolute Gasteiger partial charge is 0.265 e. The lowest BCUT2D eigenvalue weighted by molar-refractivity contribution is -0.671. The summed E-state index contributed by atoms with van der Waals surface area (Å²) >= 11 is 0. The monoisotopic (exact) mass is 213 g/mol. The molecule has 0 amide bonds. The van der Waals surface area contributed by atoms with Gasteiger partial charge in [-0.25, -0.2) is 4.57 Å². The SMILES string of the molecule is CC(Cc1ccncc1)c1cc[n+](C)cc1. The van der Waals surface area contributed by atoms with Gasteiger partial charge in [0.15, 0.2) is 12.4 Å². The number of hydrogen-bond donors (Lipinski definition) is 0. The molecule has 2 nitrogen and oxygen atoms in total. The number of pyridine rings is 2. The predicted molar refractivity (Wildman–Crippen MR) is 64.0 cm³/mol. The van der Waals surface area contributed by atoms with Crippen LogP contribution < -0.4 is 4.57 Å². The van der Waals surface area contributed by atoms with Crippen molar-refractivity contribution in [3.05, 3.63) is 60.2 Å². The van der Waals surface area contributed by atoms with Crippen molar-refractivity contribution in [2.75, 3.05) is 0 Å². The molecule has 0 fully saturated rings. The smallest absolute Gasteiger partial charge is 0.168 e. The molecule has 2 aromatic rings. The molecule has 0 aliphatic rings. The van der Waals surface area contributed by atoms with E-state index in [2.05, 4.69) is 53.1 Å². The van der Waals surface area contributed by atoms with E-state index < -0.39 is 0 Å². The molecule has 82 valence electrons. The molecule has 0 spiro atoms. The Labute approximate surface area is 96.6 Å².